The molecule has 0 bridgehead atoms. The highest BCUT2D eigenvalue weighted by Crippen LogP contribution is 2.08. The Kier molecular flexibility index (Phi) is 10.3. The van der Waals surface area contributed by atoms with Crippen molar-refractivity contribution in [1.82, 2.24) is 0 Å². The molecule has 0 radical (unpaired) electrons. The number of aliphatic hydroxyl groups excluding tert-OH is 2. The molecule has 4 heteroatoms. The summed E-state index contributed by atoms with van der Waals surface area (Å²) >= 11 is 0. The van der Waals surface area contributed by atoms with Crippen molar-refractivity contribution < 1.29 is 20.1 Å². The second-order valence-corrected chi connectivity index (χ2v) is 4.24. The van der Waals surface area contributed by atoms with Crippen molar-refractivity contribution in [1.29, 1.82) is 0 Å². The first-order chi connectivity index (χ1) is 8.57. The molecule has 0 spiro atoms. The van der Waals surface area contributed by atoms with Crippen molar-refractivity contribution in [2.75, 3.05) is 0 Å². The van der Waals surface area contributed by atoms with Crippen LogP contribution in [0.25, 0.3) is 0 Å². The van der Waals surface area contributed by atoms with Gasteiger partial charge in [-0.25, -0.2) is 0 Å². The Bertz CT molecular complexity index is 271. The van der Waals surface area contributed by atoms with Crippen molar-refractivity contribution >= 4 is 5.97 Å². The summed E-state index contributed by atoms with van der Waals surface area (Å²) in [4.78, 5) is 10.3. The van der Waals surface area contributed by atoms with Crippen LogP contribution in [-0.4, -0.2) is 33.5 Å². The minimum Gasteiger partial charge on any atom is -0.481 e. The number of rotatable bonds is 10. The predicted molar refractivity (Wildman–Crippen MR) is 71.3 cm³/mol. The number of hydrogen-bond donors (Lipinski definition) is 3. The molecule has 0 saturated carbocycles. The summed E-state index contributed by atoms with van der Waals surface area (Å²) in [5, 5.41) is 27.6. The third kappa shape index (κ3) is 10.1. The van der Waals surface area contributed by atoms with Gasteiger partial charge in [0.25, 0.3) is 0 Å². The number of hydrogen-bond acceptors (Lipinski definition) is 3. The minimum absolute atomic E-state index is 0.0292. The van der Waals surface area contributed by atoms with Gasteiger partial charge in [0.1, 0.15) is 0 Å². The first kappa shape index (κ1) is 16.9. The number of aliphatic carboxylic acids is 1. The molecule has 0 aromatic heterocycles. The number of carboxylic acids is 1. The molecule has 0 saturated heterocycles. The summed E-state index contributed by atoms with van der Waals surface area (Å²) in [5.74, 6) is -0.876. The van der Waals surface area contributed by atoms with E-state index >= 15 is 0 Å². The highest BCUT2D eigenvalue weighted by atomic mass is 16.4. The van der Waals surface area contributed by atoms with Crippen LogP contribution in [0.1, 0.15) is 45.4 Å². The van der Waals surface area contributed by atoms with Crippen molar-refractivity contribution in [2.45, 2.75) is 57.7 Å². The fraction of sp³-hybridized carbons (Fsp3) is 0.643. The molecule has 0 amide bonds. The van der Waals surface area contributed by atoms with Crippen LogP contribution >= 0.6 is 0 Å². The van der Waals surface area contributed by atoms with Crippen LogP contribution in [0.3, 0.4) is 0 Å². The van der Waals surface area contributed by atoms with Gasteiger partial charge < -0.3 is 15.3 Å². The van der Waals surface area contributed by atoms with Gasteiger partial charge in [-0.3, -0.25) is 4.79 Å². The molecule has 3 N–H and O–H groups in total. The van der Waals surface area contributed by atoms with Crippen LogP contribution in [0.4, 0.5) is 0 Å². The van der Waals surface area contributed by atoms with Gasteiger partial charge in [-0.1, -0.05) is 31.2 Å². The minimum atomic E-state index is -0.876. The first-order valence-electron chi connectivity index (χ1n) is 6.45. The number of allylic oxidation sites excluding steroid dienone is 3. The molecule has 4 nitrogen and oxygen atoms in total. The summed E-state index contributed by atoms with van der Waals surface area (Å²) in [6.07, 6.45) is 9.21. The van der Waals surface area contributed by atoms with Crippen molar-refractivity contribution in [2.24, 2.45) is 0 Å². The Hall–Kier alpha value is -1.13. The van der Waals surface area contributed by atoms with Crippen LogP contribution in [0.15, 0.2) is 24.3 Å². The van der Waals surface area contributed by atoms with Crippen LogP contribution in [0, 0.1) is 0 Å². The standard InChI is InChI=1S/C14H24O4/c1-2-3-4-5-6-7-9-12(15)13(16)10-8-11-14(17)18/h3-4,6-7,12-13,15-16H,2,5,8-11H2,1H3,(H,17,18)/b4-3-,7-6-/t12-,13+/m0/s1. The average Bonchev–Trinajstić information content (AvgIpc) is 2.32. The predicted octanol–water partition coefficient (Wildman–Crippen LogP) is 2.27. The van der Waals surface area contributed by atoms with Gasteiger partial charge in [-0.15, -0.1) is 0 Å². The van der Waals surface area contributed by atoms with Crippen molar-refractivity contribution in [3.05, 3.63) is 24.3 Å². The Labute approximate surface area is 109 Å². The monoisotopic (exact) mass is 256 g/mol. The number of carbonyl (C=O) groups is 1. The second-order valence-electron chi connectivity index (χ2n) is 4.24. The lowest BCUT2D eigenvalue weighted by atomic mass is 10.0. The zero-order chi connectivity index (χ0) is 13.8. The van der Waals surface area contributed by atoms with Crippen molar-refractivity contribution in [3.63, 3.8) is 0 Å². The van der Waals surface area contributed by atoms with Gasteiger partial charge in [0, 0.05) is 6.42 Å². The molecule has 0 unspecified atom stereocenters. The van der Waals surface area contributed by atoms with Crippen LogP contribution < -0.4 is 0 Å². The Balaban J connectivity index is 3.69. The molecule has 0 aliphatic rings. The van der Waals surface area contributed by atoms with Crippen LogP contribution in [0.5, 0.6) is 0 Å². The lowest BCUT2D eigenvalue weighted by Gasteiger charge is -2.15. The number of aliphatic hydroxyl groups is 2. The lowest BCUT2D eigenvalue weighted by molar-refractivity contribution is -0.137. The number of carboxylic acid groups (broad SMARTS) is 1. The van der Waals surface area contributed by atoms with E-state index in [1.165, 1.54) is 0 Å². The van der Waals surface area contributed by atoms with Gasteiger partial charge in [-0.05, 0) is 32.1 Å². The van der Waals surface area contributed by atoms with Crippen LogP contribution in [0.2, 0.25) is 0 Å². The summed E-state index contributed by atoms with van der Waals surface area (Å²) in [7, 11) is 0. The summed E-state index contributed by atoms with van der Waals surface area (Å²) in [6, 6.07) is 0. The van der Waals surface area contributed by atoms with E-state index < -0.39 is 18.2 Å². The largest absolute Gasteiger partial charge is 0.481 e. The molecule has 18 heavy (non-hydrogen) atoms. The lowest BCUT2D eigenvalue weighted by Crippen LogP contribution is -2.25. The van der Waals surface area contributed by atoms with E-state index in [1.54, 1.807) is 0 Å². The highest BCUT2D eigenvalue weighted by molar-refractivity contribution is 5.66. The fourth-order valence-electron chi connectivity index (χ4n) is 1.49. The molecule has 104 valence electrons. The van der Waals surface area contributed by atoms with E-state index in [0.29, 0.717) is 19.3 Å². The molecule has 0 aromatic carbocycles. The van der Waals surface area contributed by atoms with Gasteiger partial charge in [0.05, 0.1) is 12.2 Å². The topological polar surface area (TPSA) is 77.8 Å². The zero-order valence-corrected chi connectivity index (χ0v) is 11.0. The van der Waals surface area contributed by atoms with Crippen molar-refractivity contribution in [3.8, 4) is 0 Å². The van der Waals surface area contributed by atoms with Gasteiger partial charge >= 0.3 is 5.97 Å². The SMILES string of the molecule is CC/C=C\C/C=C\C[C@H](O)[C@H](O)CCCC(=O)O. The maximum Gasteiger partial charge on any atom is 0.303 e. The van der Waals surface area contributed by atoms with Gasteiger partial charge in [-0.2, -0.15) is 0 Å². The first-order valence-corrected chi connectivity index (χ1v) is 6.45. The molecule has 0 aliphatic heterocycles. The van der Waals surface area contributed by atoms with E-state index in [4.69, 9.17) is 5.11 Å². The Morgan fingerprint density at radius 1 is 1.11 bits per heavy atom. The zero-order valence-electron chi connectivity index (χ0n) is 11.0. The summed E-state index contributed by atoms with van der Waals surface area (Å²) in [6.45, 7) is 2.07. The van der Waals surface area contributed by atoms with Crippen LogP contribution in [-0.2, 0) is 4.79 Å². The van der Waals surface area contributed by atoms with E-state index in [1.807, 2.05) is 18.2 Å². The fourth-order valence-corrected chi connectivity index (χ4v) is 1.49. The molecule has 0 rings (SSSR count). The van der Waals surface area contributed by atoms with Gasteiger partial charge in [0.2, 0.25) is 0 Å². The normalized spacial score (nSPS) is 15.3. The summed E-state index contributed by atoms with van der Waals surface area (Å²) < 4.78 is 0. The Morgan fingerprint density at radius 2 is 1.78 bits per heavy atom. The maximum absolute atomic E-state index is 10.3. The molecular formula is C14H24O4. The van der Waals surface area contributed by atoms with E-state index in [9.17, 15) is 15.0 Å². The Morgan fingerprint density at radius 3 is 2.39 bits per heavy atom. The maximum atomic E-state index is 10.3. The second kappa shape index (κ2) is 11.0. The molecule has 0 aromatic rings. The molecule has 2 atom stereocenters. The quantitative estimate of drug-likeness (QED) is 0.524. The van der Waals surface area contributed by atoms with Gasteiger partial charge in [0.15, 0.2) is 0 Å². The molecule has 0 aliphatic carbocycles. The van der Waals surface area contributed by atoms with E-state index in [2.05, 4.69) is 13.0 Å². The third-order valence-corrected chi connectivity index (χ3v) is 2.55. The smallest absolute Gasteiger partial charge is 0.303 e. The van der Waals surface area contributed by atoms with E-state index in [-0.39, 0.29) is 6.42 Å². The third-order valence-electron chi connectivity index (χ3n) is 2.55. The summed E-state index contributed by atoms with van der Waals surface area (Å²) in [5.41, 5.74) is 0. The highest BCUT2D eigenvalue weighted by Gasteiger charge is 2.14. The van der Waals surface area contributed by atoms with E-state index in [0.717, 1.165) is 12.8 Å². The molecular weight excluding hydrogens is 232 g/mol. The molecule has 0 fully saturated rings. The molecule has 0 heterocycles. The average molecular weight is 256 g/mol.